The number of hydrogen-bond acceptors (Lipinski definition) is 6. The Bertz CT molecular complexity index is 796. The second kappa shape index (κ2) is 6.82. The Labute approximate surface area is 137 Å². The maximum atomic E-state index is 10.7. The standard InChI is InChI=1S/C15H17N5O2S/c1-11-18-19(13-7-9-14(10-8-13)20(21)22)15(23-11)17-16-12-5-3-2-4-6-12/h7-10H,2-6H2,1H3. The minimum atomic E-state index is -0.416. The van der Waals surface area contributed by atoms with Gasteiger partial charge >= 0.3 is 0 Å². The Balaban J connectivity index is 1.95. The van der Waals surface area contributed by atoms with Gasteiger partial charge < -0.3 is 0 Å². The van der Waals surface area contributed by atoms with Crippen LogP contribution in [0.15, 0.2) is 34.5 Å². The van der Waals surface area contributed by atoms with Crippen LogP contribution in [0.1, 0.15) is 37.1 Å². The SMILES string of the molecule is Cc1nn(-c2ccc([N+](=O)[O-])cc2)c(=NN=C2CCCCC2)s1. The third-order valence-electron chi connectivity index (χ3n) is 3.67. The van der Waals surface area contributed by atoms with Crippen molar-refractivity contribution in [2.45, 2.75) is 39.0 Å². The van der Waals surface area contributed by atoms with E-state index in [2.05, 4.69) is 15.3 Å². The van der Waals surface area contributed by atoms with E-state index in [0.717, 1.165) is 29.2 Å². The van der Waals surface area contributed by atoms with E-state index < -0.39 is 4.92 Å². The van der Waals surface area contributed by atoms with Gasteiger partial charge in [0, 0.05) is 17.8 Å². The van der Waals surface area contributed by atoms with Crippen molar-refractivity contribution < 1.29 is 4.92 Å². The Morgan fingerprint density at radius 1 is 1.17 bits per heavy atom. The zero-order valence-electron chi connectivity index (χ0n) is 12.8. The summed E-state index contributed by atoms with van der Waals surface area (Å²) in [5.74, 6) is 0. The van der Waals surface area contributed by atoms with E-state index in [-0.39, 0.29) is 5.69 Å². The average molecular weight is 331 g/mol. The van der Waals surface area contributed by atoms with Gasteiger partial charge in [0.1, 0.15) is 5.01 Å². The van der Waals surface area contributed by atoms with Crippen molar-refractivity contribution in [3.63, 3.8) is 0 Å². The molecule has 0 atom stereocenters. The summed E-state index contributed by atoms with van der Waals surface area (Å²) in [5, 5.41) is 24.8. The van der Waals surface area contributed by atoms with Crippen LogP contribution in [-0.4, -0.2) is 20.4 Å². The van der Waals surface area contributed by atoms with E-state index in [9.17, 15) is 10.1 Å². The minimum absolute atomic E-state index is 0.0576. The van der Waals surface area contributed by atoms with Crippen molar-refractivity contribution in [1.82, 2.24) is 9.78 Å². The summed E-state index contributed by atoms with van der Waals surface area (Å²) < 4.78 is 1.68. The molecule has 0 amide bonds. The van der Waals surface area contributed by atoms with Gasteiger partial charge in [0.2, 0.25) is 4.80 Å². The molecule has 0 N–H and O–H groups in total. The van der Waals surface area contributed by atoms with E-state index >= 15 is 0 Å². The normalized spacial score (nSPS) is 15.7. The van der Waals surface area contributed by atoms with Crippen molar-refractivity contribution in [3.8, 4) is 5.69 Å². The molecule has 1 aromatic carbocycles. The molecule has 0 radical (unpaired) electrons. The molecule has 1 aliphatic rings. The fourth-order valence-corrected chi connectivity index (χ4v) is 3.20. The molecule has 1 aromatic heterocycles. The number of rotatable bonds is 3. The molecular weight excluding hydrogens is 314 g/mol. The highest BCUT2D eigenvalue weighted by atomic mass is 32.1. The number of aromatic nitrogens is 2. The number of aryl methyl sites for hydroxylation is 1. The predicted octanol–water partition coefficient (Wildman–Crippen LogP) is 3.37. The summed E-state index contributed by atoms with van der Waals surface area (Å²) in [5.41, 5.74) is 1.93. The van der Waals surface area contributed by atoms with E-state index in [4.69, 9.17) is 0 Å². The quantitative estimate of drug-likeness (QED) is 0.638. The number of nitro groups is 1. The van der Waals surface area contributed by atoms with E-state index in [1.807, 2.05) is 6.92 Å². The molecule has 0 unspecified atom stereocenters. The van der Waals surface area contributed by atoms with Crippen LogP contribution < -0.4 is 4.80 Å². The van der Waals surface area contributed by atoms with Gasteiger partial charge in [-0.1, -0.05) is 17.8 Å². The summed E-state index contributed by atoms with van der Waals surface area (Å²) in [6, 6.07) is 6.27. The van der Waals surface area contributed by atoms with Gasteiger partial charge in [-0.05, 0) is 44.7 Å². The Morgan fingerprint density at radius 2 is 1.87 bits per heavy atom. The Kier molecular flexibility index (Phi) is 4.61. The lowest BCUT2D eigenvalue weighted by atomic mass is 9.99. The molecule has 1 heterocycles. The second-order valence-corrected chi connectivity index (χ2v) is 6.58. The molecule has 3 rings (SSSR count). The molecular formula is C15H17N5O2S. The highest BCUT2D eigenvalue weighted by Crippen LogP contribution is 2.16. The van der Waals surface area contributed by atoms with Crippen molar-refractivity contribution in [2.75, 3.05) is 0 Å². The summed E-state index contributed by atoms with van der Waals surface area (Å²) in [7, 11) is 0. The lowest BCUT2D eigenvalue weighted by Gasteiger charge is -2.09. The summed E-state index contributed by atoms with van der Waals surface area (Å²) in [6.07, 6.45) is 5.65. The van der Waals surface area contributed by atoms with Crippen LogP contribution in [0.4, 0.5) is 5.69 Å². The molecule has 1 aliphatic carbocycles. The third-order valence-corrected chi connectivity index (χ3v) is 4.49. The molecule has 7 nitrogen and oxygen atoms in total. The smallest absolute Gasteiger partial charge is 0.258 e. The van der Waals surface area contributed by atoms with Crippen LogP contribution in [0, 0.1) is 17.0 Å². The number of nitro benzene ring substituents is 1. The zero-order chi connectivity index (χ0) is 16.2. The highest BCUT2D eigenvalue weighted by Gasteiger charge is 2.09. The van der Waals surface area contributed by atoms with Gasteiger partial charge in [0.15, 0.2) is 0 Å². The second-order valence-electron chi connectivity index (χ2n) is 5.42. The fraction of sp³-hybridized carbons (Fsp3) is 0.400. The topological polar surface area (TPSA) is 85.7 Å². The molecule has 0 bridgehead atoms. The van der Waals surface area contributed by atoms with Gasteiger partial charge in [0.05, 0.1) is 10.6 Å². The monoisotopic (exact) mass is 331 g/mol. The molecule has 120 valence electrons. The molecule has 0 saturated heterocycles. The first-order valence-corrected chi connectivity index (χ1v) is 8.36. The van der Waals surface area contributed by atoms with E-state index in [1.165, 1.54) is 42.7 Å². The average Bonchev–Trinajstić information content (AvgIpc) is 2.95. The predicted molar refractivity (Wildman–Crippen MR) is 88.9 cm³/mol. The van der Waals surface area contributed by atoms with Crippen molar-refractivity contribution in [2.24, 2.45) is 10.2 Å². The molecule has 23 heavy (non-hydrogen) atoms. The highest BCUT2D eigenvalue weighted by molar-refractivity contribution is 7.08. The van der Waals surface area contributed by atoms with Gasteiger partial charge in [-0.25, -0.2) is 4.68 Å². The lowest BCUT2D eigenvalue weighted by molar-refractivity contribution is -0.384. The van der Waals surface area contributed by atoms with Crippen LogP contribution in [0.2, 0.25) is 0 Å². The Morgan fingerprint density at radius 3 is 2.52 bits per heavy atom. The summed E-state index contributed by atoms with van der Waals surface area (Å²) >= 11 is 1.45. The van der Waals surface area contributed by atoms with Crippen LogP contribution in [0.5, 0.6) is 0 Å². The summed E-state index contributed by atoms with van der Waals surface area (Å²) in [6.45, 7) is 1.90. The van der Waals surface area contributed by atoms with Crippen LogP contribution in [0.3, 0.4) is 0 Å². The maximum absolute atomic E-state index is 10.7. The van der Waals surface area contributed by atoms with Crippen molar-refractivity contribution >= 4 is 22.7 Å². The first kappa shape index (κ1) is 15.5. The van der Waals surface area contributed by atoms with Crippen LogP contribution in [-0.2, 0) is 0 Å². The molecule has 1 saturated carbocycles. The lowest BCUT2D eigenvalue weighted by Crippen LogP contribution is -2.14. The molecule has 0 aliphatic heterocycles. The van der Waals surface area contributed by atoms with Gasteiger partial charge in [-0.2, -0.15) is 10.2 Å². The molecule has 0 spiro atoms. The molecule has 2 aromatic rings. The number of nitrogens with zero attached hydrogens (tertiary/aromatic N) is 5. The van der Waals surface area contributed by atoms with E-state index in [1.54, 1.807) is 16.8 Å². The van der Waals surface area contributed by atoms with Crippen molar-refractivity contribution in [3.05, 3.63) is 44.2 Å². The number of non-ortho nitro benzene ring substituents is 1. The number of hydrogen-bond donors (Lipinski definition) is 0. The summed E-state index contributed by atoms with van der Waals surface area (Å²) in [4.78, 5) is 11.0. The zero-order valence-corrected chi connectivity index (χ0v) is 13.6. The first-order chi connectivity index (χ1) is 11.1. The van der Waals surface area contributed by atoms with Gasteiger partial charge in [-0.3, -0.25) is 10.1 Å². The van der Waals surface area contributed by atoms with Gasteiger partial charge in [0.25, 0.3) is 5.69 Å². The first-order valence-electron chi connectivity index (χ1n) is 7.54. The third kappa shape index (κ3) is 3.70. The largest absolute Gasteiger partial charge is 0.269 e. The van der Waals surface area contributed by atoms with Gasteiger partial charge in [-0.15, -0.1) is 5.10 Å². The maximum Gasteiger partial charge on any atom is 0.269 e. The van der Waals surface area contributed by atoms with Crippen LogP contribution in [0.25, 0.3) is 5.69 Å². The number of benzene rings is 1. The molecule has 1 fully saturated rings. The minimum Gasteiger partial charge on any atom is -0.258 e. The Hall–Kier alpha value is -2.35. The van der Waals surface area contributed by atoms with E-state index in [0.29, 0.717) is 4.80 Å². The van der Waals surface area contributed by atoms with Crippen LogP contribution >= 0.6 is 11.3 Å². The van der Waals surface area contributed by atoms with Crippen molar-refractivity contribution in [1.29, 1.82) is 0 Å². The fourth-order valence-electron chi connectivity index (χ4n) is 2.50. The molecule has 8 heteroatoms.